The first-order valence-electron chi connectivity index (χ1n) is 5.57. The highest BCUT2D eigenvalue weighted by Crippen LogP contribution is 2.25. The molecule has 0 unspecified atom stereocenters. The van der Waals surface area contributed by atoms with Crippen LogP contribution in [0.15, 0.2) is 24.7 Å². The quantitative estimate of drug-likeness (QED) is 0.797. The molecular weight excluding hydrogens is 214 g/mol. The third-order valence-electron chi connectivity index (χ3n) is 2.92. The van der Waals surface area contributed by atoms with Crippen LogP contribution in [-0.4, -0.2) is 14.7 Å². The van der Waals surface area contributed by atoms with Gasteiger partial charge < -0.3 is 15.0 Å². The van der Waals surface area contributed by atoms with E-state index in [2.05, 4.69) is 10.3 Å². The summed E-state index contributed by atoms with van der Waals surface area (Å²) in [6, 6.07) is 3.74. The van der Waals surface area contributed by atoms with Crippen LogP contribution in [0.4, 0.5) is 5.69 Å². The summed E-state index contributed by atoms with van der Waals surface area (Å²) in [4.78, 5) is 4.07. The van der Waals surface area contributed by atoms with Gasteiger partial charge in [-0.25, -0.2) is 4.98 Å². The van der Waals surface area contributed by atoms with Crippen molar-refractivity contribution in [2.75, 3.05) is 5.32 Å². The Morgan fingerprint density at radius 2 is 2.06 bits per heavy atom. The van der Waals surface area contributed by atoms with Gasteiger partial charge in [-0.3, -0.25) is 0 Å². The molecule has 1 aromatic carbocycles. The molecule has 0 amide bonds. The van der Waals surface area contributed by atoms with Crippen LogP contribution in [0.2, 0.25) is 0 Å². The van der Waals surface area contributed by atoms with Gasteiger partial charge in [-0.05, 0) is 37.1 Å². The molecule has 0 atom stereocenters. The Morgan fingerprint density at radius 3 is 2.71 bits per heavy atom. The Balaban J connectivity index is 2.14. The molecule has 2 rings (SSSR count). The average Bonchev–Trinajstić information content (AvgIpc) is 2.68. The van der Waals surface area contributed by atoms with Crippen LogP contribution in [0, 0.1) is 13.8 Å². The van der Waals surface area contributed by atoms with Crippen molar-refractivity contribution in [2.45, 2.75) is 20.4 Å². The number of benzene rings is 1. The van der Waals surface area contributed by atoms with E-state index < -0.39 is 0 Å². The fraction of sp³-hybridized carbons (Fsp3) is 0.308. The minimum atomic E-state index is 0.341. The fourth-order valence-corrected chi connectivity index (χ4v) is 1.73. The zero-order valence-corrected chi connectivity index (χ0v) is 10.4. The number of rotatable bonds is 3. The summed E-state index contributed by atoms with van der Waals surface area (Å²) < 4.78 is 1.98. The highest BCUT2D eigenvalue weighted by molar-refractivity contribution is 5.56. The first-order chi connectivity index (χ1) is 8.08. The van der Waals surface area contributed by atoms with E-state index in [0.29, 0.717) is 5.75 Å². The number of hydrogen-bond donors (Lipinski definition) is 2. The predicted molar refractivity (Wildman–Crippen MR) is 68.1 cm³/mol. The number of hydrogen-bond acceptors (Lipinski definition) is 3. The van der Waals surface area contributed by atoms with Crippen LogP contribution in [-0.2, 0) is 13.6 Å². The van der Waals surface area contributed by atoms with Crippen molar-refractivity contribution in [3.05, 3.63) is 41.5 Å². The zero-order chi connectivity index (χ0) is 12.4. The van der Waals surface area contributed by atoms with Gasteiger partial charge in [-0.15, -0.1) is 0 Å². The summed E-state index contributed by atoms with van der Waals surface area (Å²) in [6.45, 7) is 4.59. The van der Waals surface area contributed by atoms with Gasteiger partial charge in [0, 0.05) is 18.9 Å². The third-order valence-corrected chi connectivity index (χ3v) is 2.92. The largest absolute Gasteiger partial charge is 0.508 e. The molecule has 17 heavy (non-hydrogen) atoms. The van der Waals surface area contributed by atoms with Gasteiger partial charge in [0.2, 0.25) is 0 Å². The van der Waals surface area contributed by atoms with Gasteiger partial charge in [0.1, 0.15) is 5.75 Å². The lowest BCUT2D eigenvalue weighted by Gasteiger charge is -2.11. The molecule has 0 spiro atoms. The molecule has 0 aliphatic rings. The van der Waals surface area contributed by atoms with Crippen LogP contribution >= 0.6 is 0 Å². The van der Waals surface area contributed by atoms with Crippen LogP contribution in [0.25, 0.3) is 0 Å². The van der Waals surface area contributed by atoms with Gasteiger partial charge in [0.15, 0.2) is 0 Å². The molecule has 2 aromatic rings. The normalized spacial score (nSPS) is 10.5. The van der Waals surface area contributed by atoms with E-state index in [4.69, 9.17) is 0 Å². The van der Waals surface area contributed by atoms with Crippen molar-refractivity contribution < 1.29 is 5.11 Å². The van der Waals surface area contributed by atoms with Crippen molar-refractivity contribution in [3.8, 4) is 5.75 Å². The second-order valence-electron chi connectivity index (χ2n) is 4.30. The molecule has 2 N–H and O–H groups in total. The number of nitrogens with zero attached hydrogens (tertiary/aromatic N) is 2. The molecule has 0 saturated heterocycles. The Labute approximate surface area is 101 Å². The van der Waals surface area contributed by atoms with Crippen LogP contribution < -0.4 is 5.32 Å². The standard InChI is InChI=1S/C13H17N3O/c1-9-5-13(17)10(2)4-12(9)15-7-11-6-14-8-16(11)3/h4-6,8,15,17H,7H2,1-3H3. The first-order valence-corrected chi connectivity index (χ1v) is 5.57. The molecule has 0 aliphatic heterocycles. The van der Waals surface area contributed by atoms with Gasteiger partial charge in [0.25, 0.3) is 0 Å². The number of imidazole rings is 1. The summed E-state index contributed by atoms with van der Waals surface area (Å²) in [5.74, 6) is 0.341. The third kappa shape index (κ3) is 2.41. The van der Waals surface area contributed by atoms with E-state index >= 15 is 0 Å². The molecule has 0 fully saturated rings. The summed E-state index contributed by atoms with van der Waals surface area (Å²) in [5.41, 5.74) is 4.08. The lowest BCUT2D eigenvalue weighted by molar-refractivity contribution is 0.471. The number of aromatic nitrogens is 2. The van der Waals surface area contributed by atoms with E-state index in [1.165, 1.54) is 0 Å². The molecule has 0 bridgehead atoms. The molecule has 90 valence electrons. The Morgan fingerprint density at radius 1 is 1.29 bits per heavy atom. The first kappa shape index (κ1) is 11.5. The smallest absolute Gasteiger partial charge is 0.118 e. The number of nitrogens with one attached hydrogen (secondary N) is 1. The van der Waals surface area contributed by atoms with E-state index in [0.717, 1.165) is 29.1 Å². The molecule has 0 radical (unpaired) electrons. The van der Waals surface area contributed by atoms with Crippen molar-refractivity contribution in [3.63, 3.8) is 0 Å². The van der Waals surface area contributed by atoms with Gasteiger partial charge in [-0.1, -0.05) is 0 Å². The molecule has 0 aliphatic carbocycles. The second kappa shape index (κ2) is 4.49. The van der Waals surface area contributed by atoms with Crippen LogP contribution in [0.3, 0.4) is 0 Å². The van der Waals surface area contributed by atoms with Crippen molar-refractivity contribution in [1.82, 2.24) is 9.55 Å². The molecule has 1 aromatic heterocycles. The SMILES string of the molecule is Cc1cc(NCc2cncn2C)c(C)cc1O. The maximum Gasteiger partial charge on any atom is 0.118 e. The Kier molecular flexibility index (Phi) is 3.04. The maximum absolute atomic E-state index is 9.58. The van der Waals surface area contributed by atoms with Crippen LogP contribution in [0.1, 0.15) is 16.8 Å². The number of aromatic hydroxyl groups is 1. The van der Waals surface area contributed by atoms with E-state index in [1.807, 2.05) is 37.7 Å². The number of phenolic OH excluding ortho intramolecular Hbond substituents is 1. The summed E-state index contributed by atoms with van der Waals surface area (Å²) >= 11 is 0. The van der Waals surface area contributed by atoms with E-state index in [-0.39, 0.29) is 0 Å². The number of phenols is 1. The van der Waals surface area contributed by atoms with E-state index in [1.54, 1.807) is 12.4 Å². The van der Waals surface area contributed by atoms with Crippen molar-refractivity contribution in [2.24, 2.45) is 7.05 Å². The Bertz CT molecular complexity index is 531. The topological polar surface area (TPSA) is 50.1 Å². The second-order valence-corrected chi connectivity index (χ2v) is 4.30. The lowest BCUT2D eigenvalue weighted by atomic mass is 10.1. The fourth-order valence-electron chi connectivity index (χ4n) is 1.73. The lowest BCUT2D eigenvalue weighted by Crippen LogP contribution is -2.05. The molecule has 4 nitrogen and oxygen atoms in total. The van der Waals surface area contributed by atoms with Crippen molar-refractivity contribution in [1.29, 1.82) is 0 Å². The van der Waals surface area contributed by atoms with Gasteiger partial charge in [0.05, 0.1) is 18.6 Å². The van der Waals surface area contributed by atoms with Gasteiger partial charge >= 0.3 is 0 Å². The minimum Gasteiger partial charge on any atom is -0.508 e. The molecule has 0 saturated carbocycles. The average molecular weight is 231 g/mol. The summed E-state index contributed by atoms with van der Waals surface area (Å²) in [6.07, 6.45) is 3.63. The summed E-state index contributed by atoms with van der Waals surface area (Å²) in [5, 5.41) is 12.9. The highest BCUT2D eigenvalue weighted by Gasteiger charge is 2.04. The minimum absolute atomic E-state index is 0.341. The molecular formula is C13H17N3O. The number of aryl methyl sites for hydroxylation is 3. The summed E-state index contributed by atoms with van der Waals surface area (Å²) in [7, 11) is 1.97. The predicted octanol–water partition coefficient (Wildman–Crippen LogP) is 2.35. The van der Waals surface area contributed by atoms with E-state index in [9.17, 15) is 5.11 Å². The monoisotopic (exact) mass is 231 g/mol. The zero-order valence-electron chi connectivity index (χ0n) is 10.4. The highest BCUT2D eigenvalue weighted by atomic mass is 16.3. The maximum atomic E-state index is 9.58. The number of anilines is 1. The molecule has 4 heteroatoms. The molecule has 1 heterocycles. The van der Waals surface area contributed by atoms with Gasteiger partial charge in [-0.2, -0.15) is 0 Å². The Hall–Kier alpha value is -1.97. The van der Waals surface area contributed by atoms with Crippen LogP contribution in [0.5, 0.6) is 5.75 Å². The van der Waals surface area contributed by atoms with Crippen molar-refractivity contribution >= 4 is 5.69 Å².